The molecule has 0 saturated heterocycles. The number of carbonyl (C=O) groups is 1. The van der Waals surface area contributed by atoms with Gasteiger partial charge in [-0.1, -0.05) is 23.2 Å². The molecule has 0 aliphatic heterocycles. The van der Waals surface area contributed by atoms with Crippen LogP contribution < -0.4 is 0 Å². The summed E-state index contributed by atoms with van der Waals surface area (Å²) in [7, 11) is 0. The van der Waals surface area contributed by atoms with E-state index in [1.54, 1.807) is 6.92 Å². The number of nitro benzene ring substituents is 1. The highest BCUT2D eigenvalue weighted by atomic mass is 35.5. The van der Waals surface area contributed by atoms with Gasteiger partial charge in [0.25, 0.3) is 5.69 Å². The molecular weight excluding hydrogens is 281 g/mol. The quantitative estimate of drug-likeness (QED) is 0.363. The molecule has 0 fully saturated rings. The number of carbonyl (C=O) groups excluding carboxylic acids is 1. The Morgan fingerprint density at radius 2 is 2.06 bits per heavy atom. The van der Waals surface area contributed by atoms with Crippen molar-refractivity contribution in [3.63, 3.8) is 0 Å². The van der Waals surface area contributed by atoms with Crippen molar-refractivity contribution in [1.82, 2.24) is 0 Å². The van der Waals surface area contributed by atoms with Crippen molar-refractivity contribution in [3.8, 4) is 11.8 Å². The first-order valence-corrected chi connectivity index (χ1v) is 5.53. The molecule has 0 unspecified atom stereocenters. The zero-order valence-corrected chi connectivity index (χ0v) is 10.7. The zero-order chi connectivity index (χ0) is 13.7. The van der Waals surface area contributed by atoms with Gasteiger partial charge < -0.3 is 4.74 Å². The van der Waals surface area contributed by atoms with Crippen LogP contribution in [0, 0.1) is 22.0 Å². The van der Waals surface area contributed by atoms with Gasteiger partial charge in [0.15, 0.2) is 0 Å². The summed E-state index contributed by atoms with van der Waals surface area (Å²) in [6, 6.07) is 2.31. The van der Waals surface area contributed by atoms with Gasteiger partial charge in [-0.15, -0.1) is 0 Å². The second-order valence-electron chi connectivity index (χ2n) is 3.01. The average molecular weight is 288 g/mol. The monoisotopic (exact) mass is 287 g/mol. The smallest absolute Gasteiger partial charge is 0.384 e. The number of nitro groups is 1. The van der Waals surface area contributed by atoms with E-state index < -0.39 is 10.9 Å². The Bertz CT molecular complexity index is 560. The molecule has 0 aliphatic rings. The minimum absolute atomic E-state index is 0.00227. The molecule has 94 valence electrons. The predicted octanol–water partition coefficient (Wildman–Crippen LogP) is 2.82. The zero-order valence-electron chi connectivity index (χ0n) is 9.20. The largest absolute Gasteiger partial charge is 0.456 e. The minimum atomic E-state index is -0.766. The summed E-state index contributed by atoms with van der Waals surface area (Å²) in [5.41, 5.74) is -0.316. The molecule has 1 aromatic rings. The summed E-state index contributed by atoms with van der Waals surface area (Å²) < 4.78 is 4.58. The van der Waals surface area contributed by atoms with Crippen molar-refractivity contribution in [1.29, 1.82) is 0 Å². The van der Waals surface area contributed by atoms with Crippen LogP contribution in [0.4, 0.5) is 5.69 Å². The fraction of sp³-hybridized carbons (Fsp3) is 0.182. The number of hydrogen-bond donors (Lipinski definition) is 0. The van der Waals surface area contributed by atoms with E-state index in [1.807, 2.05) is 0 Å². The van der Waals surface area contributed by atoms with Gasteiger partial charge in [-0.25, -0.2) is 4.79 Å². The van der Waals surface area contributed by atoms with Gasteiger partial charge in [0.1, 0.15) is 5.56 Å². The van der Waals surface area contributed by atoms with Crippen LogP contribution in [0.1, 0.15) is 12.5 Å². The van der Waals surface area contributed by atoms with Crippen molar-refractivity contribution >= 4 is 34.9 Å². The molecule has 0 bridgehead atoms. The Balaban J connectivity index is 3.19. The van der Waals surface area contributed by atoms with Crippen molar-refractivity contribution in [2.45, 2.75) is 6.92 Å². The molecule has 5 nitrogen and oxygen atoms in total. The third-order valence-electron chi connectivity index (χ3n) is 1.81. The summed E-state index contributed by atoms with van der Waals surface area (Å²) in [6.45, 7) is 1.80. The molecule has 18 heavy (non-hydrogen) atoms. The van der Waals surface area contributed by atoms with Crippen molar-refractivity contribution in [2.75, 3.05) is 6.61 Å². The Morgan fingerprint density at radius 1 is 1.44 bits per heavy atom. The van der Waals surface area contributed by atoms with E-state index in [0.717, 1.165) is 6.07 Å². The molecule has 0 radical (unpaired) electrons. The number of hydrogen-bond acceptors (Lipinski definition) is 4. The molecule has 7 heteroatoms. The van der Waals surface area contributed by atoms with Gasteiger partial charge >= 0.3 is 5.97 Å². The lowest BCUT2D eigenvalue weighted by atomic mass is 10.2. The van der Waals surface area contributed by atoms with E-state index in [9.17, 15) is 14.9 Å². The summed E-state index contributed by atoms with van der Waals surface area (Å²) in [4.78, 5) is 21.1. The van der Waals surface area contributed by atoms with Crippen molar-refractivity contribution < 1.29 is 14.5 Å². The Morgan fingerprint density at radius 3 is 2.61 bits per heavy atom. The summed E-state index contributed by atoms with van der Waals surface area (Å²) >= 11 is 11.4. The Hall–Kier alpha value is -1.77. The Kier molecular flexibility index (Phi) is 4.95. The second-order valence-corrected chi connectivity index (χ2v) is 3.83. The molecule has 0 amide bonds. The highest BCUT2D eigenvalue weighted by Crippen LogP contribution is 2.29. The van der Waals surface area contributed by atoms with Crippen LogP contribution in [0.5, 0.6) is 0 Å². The lowest BCUT2D eigenvalue weighted by Crippen LogP contribution is -2.00. The van der Waals surface area contributed by atoms with E-state index in [1.165, 1.54) is 6.07 Å². The first kappa shape index (κ1) is 14.3. The lowest BCUT2D eigenvalue weighted by Gasteiger charge is -1.99. The molecule has 0 spiro atoms. The van der Waals surface area contributed by atoms with Crippen LogP contribution in [0.3, 0.4) is 0 Å². The first-order valence-electron chi connectivity index (χ1n) is 4.78. The molecule has 0 aromatic heterocycles. The normalized spacial score (nSPS) is 9.28. The number of ether oxygens (including phenoxy) is 1. The topological polar surface area (TPSA) is 69.4 Å². The van der Waals surface area contributed by atoms with E-state index in [2.05, 4.69) is 16.6 Å². The summed E-state index contributed by atoms with van der Waals surface area (Å²) in [5, 5.41) is 10.9. The fourth-order valence-electron chi connectivity index (χ4n) is 1.07. The van der Waals surface area contributed by atoms with Crippen LogP contribution in [0.2, 0.25) is 10.0 Å². The minimum Gasteiger partial charge on any atom is -0.456 e. The van der Waals surface area contributed by atoms with Crippen LogP contribution in [0.15, 0.2) is 12.1 Å². The number of benzene rings is 1. The van der Waals surface area contributed by atoms with Crippen LogP contribution in [0.25, 0.3) is 0 Å². The maximum absolute atomic E-state index is 11.0. The van der Waals surface area contributed by atoms with Crippen LogP contribution in [-0.4, -0.2) is 17.5 Å². The van der Waals surface area contributed by atoms with Gasteiger partial charge in [0, 0.05) is 12.0 Å². The van der Waals surface area contributed by atoms with E-state index in [4.69, 9.17) is 23.2 Å². The van der Waals surface area contributed by atoms with Gasteiger partial charge in [0.05, 0.1) is 21.6 Å². The van der Waals surface area contributed by atoms with E-state index in [0.29, 0.717) is 0 Å². The third kappa shape index (κ3) is 3.62. The predicted molar refractivity (Wildman–Crippen MR) is 66.6 cm³/mol. The van der Waals surface area contributed by atoms with Gasteiger partial charge in [0.2, 0.25) is 0 Å². The van der Waals surface area contributed by atoms with Crippen molar-refractivity contribution in [2.24, 2.45) is 0 Å². The second kappa shape index (κ2) is 6.24. The number of halogens is 2. The number of esters is 1. The molecule has 0 N–H and O–H groups in total. The highest BCUT2D eigenvalue weighted by molar-refractivity contribution is 6.42. The molecule has 0 heterocycles. The molecule has 0 aliphatic carbocycles. The average Bonchev–Trinajstić information content (AvgIpc) is 2.30. The molecule has 1 aromatic carbocycles. The molecular formula is C11H7Cl2NO4. The van der Waals surface area contributed by atoms with Crippen LogP contribution in [-0.2, 0) is 9.53 Å². The van der Waals surface area contributed by atoms with Gasteiger partial charge in [-0.05, 0) is 18.9 Å². The number of rotatable bonds is 2. The fourth-order valence-corrected chi connectivity index (χ4v) is 1.39. The van der Waals surface area contributed by atoms with Gasteiger partial charge in [-0.2, -0.15) is 0 Å². The lowest BCUT2D eigenvalue weighted by molar-refractivity contribution is -0.385. The summed E-state index contributed by atoms with van der Waals surface area (Å²) in [6.07, 6.45) is 0. The SMILES string of the molecule is CCOC(=O)C#Cc1cc(Cl)c(Cl)cc1[N+](=O)[O-]. The van der Waals surface area contributed by atoms with E-state index in [-0.39, 0.29) is 27.9 Å². The first-order chi connectivity index (χ1) is 8.45. The van der Waals surface area contributed by atoms with Crippen LogP contribution >= 0.6 is 23.2 Å². The maximum atomic E-state index is 11.0. The van der Waals surface area contributed by atoms with E-state index >= 15 is 0 Å². The maximum Gasteiger partial charge on any atom is 0.384 e. The van der Waals surface area contributed by atoms with Gasteiger partial charge in [-0.3, -0.25) is 10.1 Å². The highest BCUT2D eigenvalue weighted by Gasteiger charge is 2.15. The summed E-state index contributed by atoms with van der Waals surface area (Å²) in [5.74, 6) is 3.70. The Labute approximate surface area is 113 Å². The third-order valence-corrected chi connectivity index (χ3v) is 2.53. The molecule has 0 atom stereocenters. The standard InChI is InChI=1S/C11H7Cl2NO4/c1-2-18-11(15)4-3-7-5-8(12)9(13)6-10(7)14(16)17/h5-6H,2H2,1H3. The molecule has 1 rings (SSSR count). The number of nitrogens with zero attached hydrogens (tertiary/aromatic N) is 1. The van der Waals surface area contributed by atoms with Crippen molar-refractivity contribution in [3.05, 3.63) is 37.9 Å². The molecule has 0 saturated carbocycles.